The van der Waals surface area contributed by atoms with Crippen LogP contribution in [0.25, 0.3) is 22.2 Å². The van der Waals surface area contributed by atoms with Crippen LogP contribution in [0.1, 0.15) is 58.9 Å². The maximum atomic E-state index is 13.0. The molecular formula is C122H109BBrCl2N10O6P4Pd+. The molecule has 7 heterocycles. The third-order valence-corrected chi connectivity index (χ3v) is 34.9. The van der Waals surface area contributed by atoms with Crippen molar-refractivity contribution >= 4 is 193 Å². The normalized spacial score (nSPS) is 11.8. The van der Waals surface area contributed by atoms with E-state index in [0.717, 1.165) is 43.5 Å². The maximum Gasteiger partial charge on any atom is 0.496 e. The molecule has 14 aromatic carbocycles. The first-order chi connectivity index (χ1) is 71.1. The second kappa shape index (κ2) is 53.9. The van der Waals surface area contributed by atoms with E-state index in [-0.39, 0.29) is 55.4 Å². The predicted octanol–water partition coefficient (Wildman–Crippen LogP) is 22.0. The number of nitrogens with one attached hydrogen (secondary N) is 2. The number of hydrogen-bond acceptors (Lipinski definition) is 9. The molecule has 25 heteroatoms. The molecule has 0 saturated carbocycles. The van der Waals surface area contributed by atoms with Crippen LogP contribution in [0.15, 0.2) is 509 Å². The third kappa shape index (κ3) is 29.1. The summed E-state index contributed by atoms with van der Waals surface area (Å²) in [6.45, 7) is 8.00. The fourth-order valence-corrected chi connectivity index (χ4v) is 25.6. The molecule has 0 radical (unpaired) electrons. The molecule has 20 aromatic rings. The fraction of sp³-hybridized carbons (Fsp3) is 0.0820. The van der Waals surface area contributed by atoms with Crippen LogP contribution < -0.4 is 94.1 Å². The van der Waals surface area contributed by atoms with Crippen molar-refractivity contribution in [3.8, 4) is 11.1 Å². The van der Waals surface area contributed by atoms with E-state index < -0.39 is 38.8 Å². The number of aromatic nitrogens is 6. The second-order valence-corrected chi connectivity index (χ2v) is 44.9. The summed E-state index contributed by atoms with van der Waals surface area (Å²) in [5, 5.41) is 31.7. The van der Waals surface area contributed by atoms with Crippen molar-refractivity contribution in [2.24, 2.45) is 0 Å². The van der Waals surface area contributed by atoms with Gasteiger partial charge in [0.25, 0.3) is 17.7 Å². The first-order valence-corrected chi connectivity index (χ1v) is 54.3. The van der Waals surface area contributed by atoms with Crippen molar-refractivity contribution < 1.29 is 53.5 Å². The largest absolute Gasteiger partial charge is 0.496 e. The summed E-state index contributed by atoms with van der Waals surface area (Å²) in [6, 6.07) is 158. The average molecular weight is 2200 g/mol. The molecule has 16 nitrogen and oxygen atoms in total. The van der Waals surface area contributed by atoms with Gasteiger partial charge in [-0.1, -0.05) is 393 Å². The van der Waals surface area contributed by atoms with Crippen molar-refractivity contribution in [3.05, 3.63) is 536 Å². The first-order valence-electron chi connectivity index (χ1n) is 47.4. The fourth-order valence-electron chi connectivity index (χ4n) is 15.7. The molecule has 1 fully saturated rings. The van der Waals surface area contributed by atoms with Gasteiger partial charge in [0.05, 0.1) is 58.5 Å². The van der Waals surface area contributed by atoms with Gasteiger partial charge in [0.1, 0.15) is 5.69 Å². The topological polar surface area (TPSA) is 169 Å². The Kier molecular flexibility index (Phi) is 39.9. The minimum atomic E-state index is -0.448. The van der Waals surface area contributed by atoms with E-state index in [9.17, 15) is 19.2 Å². The van der Waals surface area contributed by atoms with Crippen molar-refractivity contribution in [1.29, 1.82) is 0 Å². The summed E-state index contributed by atoms with van der Waals surface area (Å²) in [5.41, 5.74) is 6.51. The monoisotopic (exact) mass is 2200 g/mol. The molecule has 0 aliphatic carbocycles. The quantitative estimate of drug-likeness (QED) is 0.0455. The smallest absolute Gasteiger partial charge is 0.399 e. The van der Waals surface area contributed by atoms with Crippen LogP contribution >= 0.6 is 70.8 Å². The maximum absolute atomic E-state index is 13.0. The van der Waals surface area contributed by atoms with Gasteiger partial charge in [-0.25, -0.2) is 14.3 Å². The summed E-state index contributed by atoms with van der Waals surface area (Å²) >= 11 is 15.2. The van der Waals surface area contributed by atoms with E-state index in [1.54, 1.807) is 151 Å². The zero-order valence-corrected chi connectivity index (χ0v) is 90.5. The van der Waals surface area contributed by atoms with Crippen LogP contribution in [0.3, 0.4) is 0 Å². The Bertz CT molecular complexity index is 6680. The molecule has 1 saturated heterocycles. The molecule has 2 N–H and O–H groups in total. The molecule has 21 rings (SSSR count). The van der Waals surface area contributed by atoms with Crippen molar-refractivity contribution in [2.45, 2.75) is 38.9 Å². The van der Waals surface area contributed by atoms with E-state index in [1.165, 1.54) is 68.2 Å². The van der Waals surface area contributed by atoms with Crippen LogP contribution in [0.4, 0.5) is 16.2 Å². The van der Waals surface area contributed by atoms with Crippen molar-refractivity contribution in [2.75, 3.05) is 38.0 Å². The van der Waals surface area contributed by atoms with Crippen LogP contribution in [0, 0.1) is 0 Å². The summed E-state index contributed by atoms with van der Waals surface area (Å²) in [7, 11) is 4.38. The Balaban J connectivity index is 0.000000136. The minimum Gasteiger partial charge on any atom is -0.399 e. The average Bonchev–Trinajstić information content (AvgIpc) is 1.62. The number of hydrogen-bond donors (Lipinski definition) is 2. The number of halogens is 3. The van der Waals surface area contributed by atoms with Gasteiger partial charge in [0.15, 0.2) is 0 Å². The van der Waals surface area contributed by atoms with Gasteiger partial charge < -0.3 is 24.4 Å². The van der Waals surface area contributed by atoms with Crippen LogP contribution in [0.2, 0.25) is 10.0 Å². The summed E-state index contributed by atoms with van der Waals surface area (Å²) in [6.07, 6.45) is 12.0. The Hall–Kier alpha value is -13.9. The minimum absolute atomic E-state index is 0. The van der Waals surface area contributed by atoms with Crippen LogP contribution in [-0.4, -0.2) is 94.5 Å². The van der Waals surface area contributed by atoms with Crippen molar-refractivity contribution in [1.82, 2.24) is 34.8 Å². The molecule has 1 aliphatic rings. The molecule has 736 valence electrons. The number of rotatable bonds is 19. The first kappa shape index (κ1) is 109. The summed E-state index contributed by atoms with van der Waals surface area (Å²) < 4.78 is 17.6. The molecule has 0 bridgehead atoms. The predicted molar refractivity (Wildman–Crippen MR) is 616 cm³/mol. The molecular weight excluding hydrogens is 2090 g/mol. The van der Waals surface area contributed by atoms with Crippen LogP contribution in [-0.2, 0) is 29.7 Å². The zero-order chi connectivity index (χ0) is 102. The molecule has 4 amide bonds. The number of fused-ring (bicyclic) bond motifs is 2. The molecule has 0 atom stereocenters. The molecule has 1 aliphatic heterocycles. The van der Waals surface area contributed by atoms with Gasteiger partial charge >= 0.3 is 13.1 Å². The second-order valence-electron chi connectivity index (χ2n) is 34.3. The van der Waals surface area contributed by atoms with E-state index in [1.807, 2.05) is 64.1 Å². The Morgan fingerprint density at radius 3 is 0.891 bits per heavy atom. The Labute approximate surface area is 897 Å². The molecule has 0 unspecified atom stereocenters. The number of anilines is 2. The third-order valence-electron chi connectivity index (χ3n) is 24.1. The van der Waals surface area contributed by atoms with E-state index in [0.29, 0.717) is 26.9 Å². The Morgan fingerprint density at radius 1 is 0.354 bits per heavy atom. The number of carbonyl (C=O) groups excluding carboxylic acids is 4. The number of benzene rings is 14. The number of carbonyl (C=O) groups is 4. The van der Waals surface area contributed by atoms with E-state index in [2.05, 4.69) is 406 Å². The van der Waals surface area contributed by atoms with Crippen molar-refractivity contribution in [3.63, 3.8) is 0 Å². The van der Waals surface area contributed by atoms with Gasteiger partial charge in [-0.3, -0.25) is 19.4 Å². The van der Waals surface area contributed by atoms with Gasteiger partial charge in [0, 0.05) is 104 Å². The summed E-state index contributed by atoms with van der Waals surface area (Å²) in [4.78, 5) is 56.0. The number of pyridine rings is 4. The molecule has 6 aromatic heterocycles. The standard InChI is InChI=1S/C22H18ClN5O2.4C18H15P.C15H11BrClN3O.C13H19BN2O3.Pd/c1-24-22(30)27-10-7-15(8-11-27)19-14-25-28-12-9-16(13-20(19)28)21(29)26(2)18-5-3-17(23)4-6-18;4*1-4-10-16(11-5-1)19(17-12-6-2-7-13-17)18-14-8-3-9-15-18;1-19(12-4-2-11(17)3-5-12)15(21)10-6-7-20-14(8-10)13(16)9-18-20;1-12(2)13(3,4)19-14(18-12)9-6-7-10(16-8-9)11(17)15-5;/h3-14H,1-2H3;4*1-15H;2-9H,1H3;6-8H,1-5H3,(H,15,17);/p+1. The van der Waals surface area contributed by atoms with Gasteiger partial charge in [-0.2, -0.15) is 19.6 Å². The number of amides is 4. The van der Waals surface area contributed by atoms with Gasteiger partial charge in [-0.05, 0) is 236 Å². The number of nitrogens with zero attached hydrogens (tertiary/aromatic N) is 8. The van der Waals surface area contributed by atoms with Gasteiger partial charge in [0.2, 0.25) is 0 Å². The Morgan fingerprint density at radius 2 is 0.626 bits per heavy atom. The summed E-state index contributed by atoms with van der Waals surface area (Å²) in [5.74, 6) is -0.439. The van der Waals surface area contributed by atoms with E-state index >= 15 is 0 Å². The van der Waals surface area contributed by atoms with E-state index in [4.69, 9.17) is 32.5 Å². The zero-order valence-electron chi connectivity index (χ0n) is 82.3. The van der Waals surface area contributed by atoms with Gasteiger partial charge in [-0.15, -0.1) is 0 Å². The SMILES string of the molecule is CN(C(=O)c1ccn2ncc(Br)c2c1)c1ccc(Cl)cc1.CNC(=O)[n+]1ccc(-c2cnn3ccc(C(=O)N(C)c4ccc(Cl)cc4)cc23)cc1.CNC(=O)c1ccc(B2OC(C)(C)C(C)(C)O2)cn1.[Pd].c1ccc(P(c2ccccc2)c2ccccc2)cc1.c1ccc(P(c2ccccc2)c2ccccc2)cc1.c1ccc(P(c2ccccc2)c2ccccc2)cc1.c1ccc(P(c2ccccc2)c2ccccc2)cc1. The molecule has 0 spiro atoms. The molecule has 147 heavy (non-hydrogen) atoms. The van der Waals surface area contributed by atoms with Crippen LogP contribution in [0.5, 0.6) is 0 Å².